The van der Waals surface area contributed by atoms with Crippen molar-refractivity contribution in [2.75, 3.05) is 32.7 Å². The Morgan fingerprint density at radius 1 is 0.968 bits per heavy atom. The van der Waals surface area contributed by atoms with Crippen molar-refractivity contribution in [2.45, 2.75) is 13.3 Å². The first-order valence-corrected chi connectivity index (χ1v) is 10.8. The van der Waals surface area contributed by atoms with E-state index >= 15 is 0 Å². The highest BCUT2D eigenvalue weighted by Gasteiger charge is 2.26. The third-order valence-electron chi connectivity index (χ3n) is 5.94. The summed E-state index contributed by atoms with van der Waals surface area (Å²) in [5, 5.41) is 5.41. The van der Waals surface area contributed by atoms with Crippen LogP contribution in [0.15, 0.2) is 65.6 Å². The molecule has 158 valence electrons. The van der Waals surface area contributed by atoms with E-state index < -0.39 is 0 Å². The molecule has 0 unspecified atom stereocenters. The number of rotatable bonds is 3. The Bertz CT molecular complexity index is 1250. The zero-order chi connectivity index (χ0) is 21.4. The van der Waals surface area contributed by atoms with E-state index in [4.69, 9.17) is 0 Å². The SMILES string of the molecule is CCCN1CCN(C(=O)n2cc3c(=O)n(-c4ccccc4)nc-3c3ccccc32)CC1. The third kappa shape index (κ3) is 3.41. The number of para-hydroxylation sites is 2. The summed E-state index contributed by atoms with van der Waals surface area (Å²) in [5.41, 5.74) is 2.30. The number of piperazine rings is 1. The van der Waals surface area contributed by atoms with E-state index in [1.807, 2.05) is 59.5 Å². The van der Waals surface area contributed by atoms with Crippen LogP contribution in [0.2, 0.25) is 0 Å². The van der Waals surface area contributed by atoms with Gasteiger partial charge in [0.1, 0.15) is 5.69 Å². The average molecular weight is 415 g/mol. The summed E-state index contributed by atoms with van der Waals surface area (Å²) in [4.78, 5) is 30.9. The lowest BCUT2D eigenvalue weighted by atomic mass is 10.1. The maximum Gasteiger partial charge on any atom is 0.328 e. The van der Waals surface area contributed by atoms with Gasteiger partial charge in [-0.3, -0.25) is 14.3 Å². The Balaban J connectivity index is 1.60. The molecule has 2 aromatic carbocycles. The minimum atomic E-state index is -0.221. The van der Waals surface area contributed by atoms with Crippen molar-refractivity contribution in [1.29, 1.82) is 0 Å². The molecule has 0 N–H and O–H groups in total. The zero-order valence-electron chi connectivity index (χ0n) is 17.6. The molecule has 3 aliphatic heterocycles. The van der Waals surface area contributed by atoms with Crippen molar-refractivity contribution < 1.29 is 4.79 Å². The third-order valence-corrected chi connectivity index (χ3v) is 5.94. The maximum atomic E-state index is 13.5. The Morgan fingerprint density at radius 3 is 2.42 bits per heavy atom. The topological polar surface area (TPSA) is 63.4 Å². The van der Waals surface area contributed by atoms with Crippen LogP contribution in [0.25, 0.3) is 27.8 Å². The average Bonchev–Trinajstić information content (AvgIpc) is 3.16. The summed E-state index contributed by atoms with van der Waals surface area (Å²) < 4.78 is 3.03. The van der Waals surface area contributed by atoms with E-state index in [1.54, 1.807) is 10.8 Å². The number of pyridine rings is 1. The number of fused-ring (bicyclic) bond motifs is 3. The Morgan fingerprint density at radius 2 is 1.68 bits per heavy atom. The number of aromatic nitrogens is 3. The summed E-state index contributed by atoms with van der Waals surface area (Å²) in [5.74, 6) is 0. The minimum absolute atomic E-state index is 0.0962. The van der Waals surface area contributed by atoms with Gasteiger partial charge in [-0.15, -0.1) is 0 Å². The van der Waals surface area contributed by atoms with Gasteiger partial charge in [-0.05, 0) is 31.2 Å². The lowest BCUT2D eigenvalue weighted by molar-refractivity contribution is 0.141. The van der Waals surface area contributed by atoms with Crippen LogP contribution in [0.3, 0.4) is 0 Å². The van der Waals surface area contributed by atoms with Gasteiger partial charge in [0, 0.05) is 37.8 Å². The van der Waals surface area contributed by atoms with Crippen LogP contribution >= 0.6 is 0 Å². The largest absolute Gasteiger partial charge is 0.328 e. The summed E-state index contributed by atoms with van der Waals surface area (Å²) in [6.45, 7) is 6.35. The Kier molecular flexibility index (Phi) is 5.03. The monoisotopic (exact) mass is 415 g/mol. The molecule has 5 rings (SSSR count). The van der Waals surface area contributed by atoms with Crippen LogP contribution in [0.4, 0.5) is 4.79 Å². The summed E-state index contributed by atoms with van der Waals surface area (Å²) in [6, 6.07) is 16.9. The van der Waals surface area contributed by atoms with Crippen molar-refractivity contribution in [2.24, 2.45) is 0 Å². The van der Waals surface area contributed by atoms with Crippen molar-refractivity contribution in [3.8, 4) is 16.9 Å². The molecule has 0 atom stereocenters. The highest BCUT2D eigenvalue weighted by Crippen LogP contribution is 2.28. The molecular weight excluding hydrogens is 390 g/mol. The molecule has 2 aromatic rings. The van der Waals surface area contributed by atoms with Crippen LogP contribution in [-0.4, -0.2) is 62.9 Å². The van der Waals surface area contributed by atoms with E-state index in [0.29, 0.717) is 30.0 Å². The molecule has 1 amide bonds. The van der Waals surface area contributed by atoms with E-state index in [0.717, 1.165) is 37.0 Å². The van der Waals surface area contributed by atoms with Crippen LogP contribution in [0.5, 0.6) is 0 Å². The molecule has 3 aliphatic rings. The predicted molar refractivity (Wildman–Crippen MR) is 121 cm³/mol. The van der Waals surface area contributed by atoms with E-state index in [2.05, 4.69) is 16.9 Å². The number of nitrogens with zero attached hydrogens (tertiary/aromatic N) is 5. The van der Waals surface area contributed by atoms with Gasteiger partial charge in [0.2, 0.25) is 0 Å². The highest BCUT2D eigenvalue weighted by atomic mass is 16.2. The summed E-state index contributed by atoms with van der Waals surface area (Å²) >= 11 is 0. The van der Waals surface area contributed by atoms with Gasteiger partial charge in [-0.1, -0.05) is 43.3 Å². The van der Waals surface area contributed by atoms with Crippen LogP contribution in [-0.2, 0) is 0 Å². The van der Waals surface area contributed by atoms with E-state index in [-0.39, 0.29) is 11.6 Å². The molecule has 0 aromatic heterocycles. The highest BCUT2D eigenvalue weighted by molar-refractivity contribution is 5.99. The molecule has 3 heterocycles. The second kappa shape index (κ2) is 8.00. The molecule has 31 heavy (non-hydrogen) atoms. The van der Waals surface area contributed by atoms with Gasteiger partial charge in [0.05, 0.1) is 16.8 Å². The first kappa shape index (κ1) is 19.5. The predicted octanol–water partition coefficient (Wildman–Crippen LogP) is 3.29. The smallest absolute Gasteiger partial charge is 0.321 e. The van der Waals surface area contributed by atoms with Crippen LogP contribution < -0.4 is 5.56 Å². The number of carbonyl (C=O) groups excluding carboxylic acids is 1. The molecular formula is C24H25N5O2. The molecule has 0 radical (unpaired) electrons. The fourth-order valence-corrected chi connectivity index (χ4v) is 4.35. The summed E-state index contributed by atoms with van der Waals surface area (Å²) in [7, 11) is 0. The number of amides is 1. The van der Waals surface area contributed by atoms with Crippen molar-refractivity contribution in [3.63, 3.8) is 0 Å². The molecule has 1 saturated heterocycles. The van der Waals surface area contributed by atoms with Crippen LogP contribution in [0.1, 0.15) is 13.3 Å². The van der Waals surface area contributed by atoms with Gasteiger partial charge in [-0.2, -0.15) is 9.78 Å². The Hall–Kier alpha value is -3.45. The van der Waals surface area contributed by atoms with Crippen molar-refractivity contribution >= 4 is 16.9 Å². The van der Waals surface area contributed by atoms with Gasteiger partial charge >= 0.3 is 6.03 Å². The molecule has 7 heteroatoms. The lowest BCUT2D eigenvalue weighted by Crippen LogP contribution is -2.50. The second-order valence-corrected chi connectivity index (χ2v) is 7.94. The van der Waals surface area contributed by atoms with E-state index in [9.17, 15) is 9.59 Å². The number of hydrogen-bond donors (Lipinski definition) is 0. The fourth-order valence-electron chi connectivity index (χ4n) is 4.35. The first-order chi connectivity index (χ1) is 15.2. The normalized spacial score (nSPS) is 15.1. The second-order valence-electron chi connectivity index (χ2n) is 7.94. The van der Waals surface area contributed by atoms with Gasteiger partial charge < -0.3 is 4.90 Å². The van der Waals surface area contributed by atoms with Gasteiger partial charge in [0.25, 0.3) is 5.56 Å². The standard InChI is InChI=1S/C24H25N5O2/c1-2-12-26-13-15-27(16-14-26)24(31)28-17-20-22(19-10-6-7-11-21(19)28)25-29(23(20)30)18-8-4-3-5-9-18/h3-11,17H,2,12-16H2,1H3. The molecule has 7 nitrogen and oxygen atoms in total. The number of hydrogen-bond acceptors (Lipinski definition) is 4. The number of benzene rings is 2. The van der Waals surface area contributed by atoms with Gasteiger partial charge in [-0.25, -0.2) is 4.79 Å². The summed E-state index contributed by atoms with van der Waals surface area (Å²) in [6.07, 6.45) is 2.77. The van der Waals surface area contributed by atoms with Crippen molar-refractivity contribution in [3.05, 3.63) is 71.1 Å². The number of carbonyl (C=O) groups is 1. The maximum absolute atomic E-state index is 13.5. The molecule has 0 saturated carbocycles. The molecule has 0 bridgehead atoms. The van der Waals surface area contributed by atoms with Gasteiger partial charge in [0.15, 0.2) is 0 Å². The fraction of sp³-hybridized carbons (Fsp3) is 0.292. The molecule has 1 fully saturated rings. The van der Waals surface area contributed by atoms with E-state index in [1.165, 1.54) is 4.68 Å². The zero-order valence-corrected chi connectivity index (χ0v) is 17.6. The van der Waals surface area contributed by atoms with Crippen molar-refractivity contribution in [1.82, 2.24) is 24.1 Å². The van der Waals surface area contributed by atoms with Crippen LogP contribution in [0, 0.1) is 0 Å². The quantitative estimate of drug-likeness (QED) is 0.515. The minimum Gasteiger partial charge on any atom is -0.321 e. The molecule has 0 spiro atoms. The Labute approximate surface area is 180 Å². The first-order valence-electron chi connectivity index (χ1n) is 10.8. The molecule has 0 aliphatic carbocycles. The lowest BCUT2D eigenvalue weighted by Gasteiger charge is -2.35.